The molecule has 0 saturated carbocycles. The van der Waals surface area contributed by atoms with E-state index in [2.05, 4.69) is 147 Å². The van der Waals surface area contributed by atoms with Crippen LogP contribution in [0.5, 0.6) is 0 Å². The fraction of sp³-hybridized carbons (Fsp3) is 0.152. The molecule has 1 unspecified atom stereocenters. The van der Waals surface area contributed by atoms with Gasteiger partial charge in [0.05, 0.1) is 6.26 Å². The zero-order valence-electron chi connectivity index (χ0n) is 20.7. The molecule has 1 nitrogen and oxygen atoms in total. The zero-order chi connectivity index (χ0) is 24.3. The molecule has 0 bridgehead atoms. The molecule has 0 aliphatic carbocycles. The van der Waals surface area contributed by atoms with Crippen LogP contribution in [0.3, 0.4) is 0 Å². The molecule has 0 spiro atoms. The van der Waals surface area contributed by atoms with Crippen LogP contribution in [-0.2, 0) is 4.43 Å². The van der Waals surface area contributed by atoms with Gasteiger partial charge in [-0.05, 0) is 40.5 Å². The second-order valence-corrected chi connectivity index (χ2v) is 12.2. The van der Waals surface area contributed by atoms with Crippen molar-refractivity contribution in [1.82, 2.24) is 0 Å². The van der Waals surface area contributed by atoms with E-state index in [0.29, 0.717) is 5.92 Å². The van der Waals surface area contributed by atoms with Gasteiger partial charge < -0.3 is 4.43 Å². The van der Waals surface area contributed by atoms with Gasteiger partial charge >= 0.3 is 8.32 Å². The van der Waals surface area contributed by atoms with E-state index < -0.39 is 8.32 Å². The number of rotatable bonds is 10. The minimum atomic E-state index is -2.73. The van der Waals surface area contributed by atoms with Crippen molar-refractivity contribution in [2.75, 3.05) is 0 Å². The molecule has 0 aromatic heterocycles. The third-order valence-corrected chi connectivity index (χ3v) is 10.4. The first-order valence-electron chi connectivity index (χ1n) is 12.5. The first kappa shape index (κ1) is 24.5. The highest BCUT2D eigenvalue weighted by molar-refractivity contribution is 7.07. The van der Waals surface area contributed by atoms with Crippen LogP contribution < -0.4 is 15.6 Å². The molecule has 2 heteroatoms. The minimum Gasteiger partial charge on any atom is -0.537 e. The highest BCUT2D eigenvalue weighted by Crippen LogP contribution is 2.22. The van der Waals surface area contributed by atoms with E-state index in [9.17, 15) is 0 Å². The molecule has 176 valence electrons. The minimum absolute atomic E-state index is 0.328. The van der Waals surface area contributed by atoms with Crippen molar-refractivity contribution in [1.29, 1.82) is 0 Å². The summed E-state index contributed by atoms with van der Waals surface area (Å²) in [6.45, 7) is 4.47. The lowest BCUT2D eigenvalue weighted by molar-refractivity contribution is 0.487. The Labute approximate surface area is 211 Å². The smallest absolute Gasteiger partial charge is 0.346 e. The summed E-state index contributed by atoms with van der Waals surface area (Å²) in [6, 6.07) is 42.7. The summed E-state index contributed by atoms with van der Waals surface area (Å²) in [4.78, 5) is 0. The molecule has 0 radical (unpaired) electrons. The Morgan fingerprint density at radius 2 is 1.11 bits per heavy atom. The second kappa shape index (κ2) is 12.2. The van der Waals surface area contributed by atoms with Crippen LogP contribution in [0.15, 0.2) is 139 Å². The molecule has 0 N–H and O–H groups in total. The van der Waals surface area contributed by atoms with E-state index in [1.54, 1.807) is 0 Å². The van der Waals surface area contributed by atoms with Crippen LogP contribution in [-0.4, -0.2) is 8.32 Å². The van der Waals surface area contributed by atoms with E-state index >= 15 is 0 Å². The van der Waals surface area contributed by atoms with E-state index in [1.807, 2.05) is 6.26 Å². The monoisotopic (exact) mass is 474 g/mol. The number of hydrogen-bond donors (Lipinski definition) is 0. The van der Waals surface area contributed by atoms with Crippen LogP contribution in [0.25, 0.3) is 6.08 Å². The number of hydrogen-bond acceptors (Lipinski definition) is 1. The van der Waals surface area contributed by atoms with Crippen LogP contribution >= 0.6 is 0 Å². The summed E-state index contributed by atoms with van der Waals surface area (Å²) in [5, 5.41) is 3.72. The van der Waals surface area contributed by atoms with Crippen molar-refractivity contribution in [3.05, 3.63) is 145 Å². The van der Waals surface area contributed by atoms with Crippen molar-refractivity contribution in [2.24, 2.45) is 5.92 Å². The lowest BCUT2D eigenvalue weighted by atomic mass is 9.94. The Morgan fingerprint density at radius 1 is 0.686 bits per heavy atom. The molecule has 1 atom stereocenters. The second-order valence-electron chi connectivity index (χ2n) is 8.92. The third kappa shape index (κ3) is 5.90. The molecule has 4 rings (SSSR count). The van der Waals surface area contributed by atoms with Crippen molar-refractivity contribution < 1.29 is 4.43 Å². The van der Waals surface area contributed by atoms with Gasteiger partial charge in [-0.25, -0.2) is 0 Å². The average molecular weight is 475 g/mol. The molecule has 0 aliphatic rings. The van der Waals surface area contributed by atoms with Gasteiger partial charge in [0.15, 0.2) is 0 Å². The van der Waals surface area contributed by atoms with Crippen LogP contribution in [0.4, 0.5) is 0 Å². The largest absolute Gasteiger partial charge is 0.537 e. The van der Waals surface area contributed by atoms with E-state index in [0.717, 1.165) is 12.8 Å². The quantitative estimate of drug-likeness (QED) is 0.141. The van der Waals surface area contributed by atoms with Gasteiger partial charge in [0.2, 0.25) is 0 Å². The number of benzene rings is 4. The van der Waals surface area contributed by atoms with Crippen LogP contribution in [0, 0.1) is 5.92 Å². The molecule has 0 fully saturated rings. The molecule has 0 heterocycles. The van der Waals surface area contributed by atoms with Gasteiger partial charge in [-0.3, -0.25) is 0 Å². The van der Waals surface area contributed by atoms with Gasteiger partial charge in [-0.15, -0.1) is 0 Å². The van der Waals surface area contributed by atoms with Gasteiger partial charge in [-0.1, -0.05) is 146 Å². The van der Waals surface area contributed by atoms with E-state index in [-0.39, 0.29) is 0 Å². The molecule has 35 heavy (non-hydrogen) atoms. The van der Waals surface area contributed by atoms with E-state index in [4.69, 9.17) is 4.43 Å². The van der Waals surface area contributed by atoms with Crippen molar-refractivity contribution in [2.45, 2.75) is 26.7 Å². The molecule has 4 aromatic carbocycles. The maximum absolute atomic E-state index is 7.00. The predicted octanol–water partition coefficient (Wildman–Crippen LogP) is 6.70. The number of allylic oxidation sites excluding steroid dienone is 2. The zero-order valence-corrected chi connectivity index (χ0v) is 21.7. The highest BCUT2D eigenvalue weighted by atomic mass is 28.4. The summed E-state index contributed by atoms with van der Waals surface area (Å²) in [5.41, 5.74) is 2.59. The topological polar surface area (TPSA) is 9.23 Å². The molecule has 0 amide bonds. The highest BCUT2D eigenvalue weighted by Gasteiger charge is 2.42. The Balaban J connectivity index is 1.75. The Hall–Kier alpha value is -3.62. The van der Waals surface area contributed by atoms with Gasteiger partial charge in [-0.2, -0.15) is 0 Å². The SMILES string of the molecule is CCCC(/C=C\O[Si](c1ccccc1)(c1ccccc1)c1ccccc1)/C(C)=C/c1ccccc1. The first-order valence-corrected chi connectivity index (χ1v) is 14.4. The van der Waals surface area contributed by atoms with Crippen molar-refractivity contribution in [3.8, 4) is 0 Å². The van der Waals surface area contributed by atoms with Gasteiger partial charge in [0.1, 0.15) is 0 Å². The molecule has 0 aliphatic heterocycles. The lowest BCUT2D eigenvalue weighted by Gasteiger charge is -2.32. The normalized spacial score (nSPS) is 13.0. The summed E-state index contributed by atoms with van der Waals surface area (Å²) >= 11 is 0. The molecule has 4 aromatic rings. The van der Waals surface area contributed by atoms with Crippen molar-refractivity contribution in [3.63, 3.8) is 0 Å². The Kier molecular flexibility index (Phi) is 8.53. The fourth-order valence-electron chi connectivity index (χ4n) is 4.66. The van der Waals surface area contributed by atoms with E-state index in [1.165, 1.54) is 26.7 Å². The van der Waals surface area contributed by atoms with Crippen molar-refractivity contribution >= 4 is 30.0 Å². The standard InChI is InChI=1S/C33H34OSi/c1-3-16-30(28(2)27-29-17-8-4-9-18-29)25-26-34-35(31-19-10-5-11-20-31,32-21-12-6-13-22-32)33-23-14-7-15-24-33/h4-15,17-27,30H,3,16H2,1-2H3/b26-25-,28-27+. The summed E-state index contributed by atoms with van der Waals surface area (Å²) in [6.07, 6.45) is 8.75. The summed E-state index contributed by atoms with van der Waals surface area (Å²) < 4.78 is 7.00. The fourth-order valence-corrected chi connectivity index (χ4v) is 8.34. The molecular formula is C33H34OSi. The molecular weight excluding hydrogens is 440 g/mol. The Bertz CT molecular complexity index is 1120. The lowest BCUT2D eigenvalue weighted by Crippen LogP contribution is -2.68. The molecule has 0 saturated heterocycles. The maximum atomic E-state index is 7.00. The average Bonchev–Trinajstić information content (AvgIpc) is 2.92. The summed E-state index contributed by atoms with van der Waals surface area (Å²) in [5.74, 6) is 0.328. The van der Waals surface area contributed by atoms with Crippen LogP contribution in [0.2, 0.25) is 0 Å². The Morgan fingerprint density at radius 3 is 1.54 bits per heavy atom. The third-order valence-electron chi connectivity index (χ3n) is 6.48. The predicted molar refractivity (Wildman–Crippen MR) is 153 cm³/mol. The maximum Gasteiger partial charge on any atom is 0.346 e. The van der Waals surface area contributed by atoms with Gasteiger partial charge in [0, 0.05) is 5.92 Å². The summed E-state index contributed by atoms with van der Waals surface area (Å²) in [7, 11) is -2.73. The first-order chi connectivity index (χ1) is 17.2. The van der Waals surface area contributed by atoms with Gasteiger partial charge in [0.25, 0.3) is 0 Å². The van der Waals surface area contributed by atoms with Crippen LogP contribution in [0.1, 0.15) is 32.3 Å².